The van der Waals surface area contributed by atoms with E-state index in [1.165, 1.54) is 38.5 Å². The van der Waals surface area contributed by atoms with Gasteiger partial charge in [-0.2, -0.15) is 0 Å². The predicted octanol–water partition coefficient (Wildman–Crippen LogP) is 3.76. The lowest BCUT2D eigenvalue weighted by molar-refractivity contribution is 0.238. The zero-order valence-corrected chi connectivity index (χ0v) is 12.2. The summed E-state index contributed by atoms with van der Waals surface area (Å²) in [6, 6.07) is 2.09. The summed E-state index contributed by atoms with van der Waals surface area (Å²) in [5, 5.41) is 0. The largest absolute Gasteiger partial charge is 0.356 e. The van der Waals surface area contributed by atoms with E-state index in [-0.39, 0.29) is 0 Å². The number of anilines is 1. The summed E-state index contributed by atoms with van der Waals surface area (Å²) in [5.41, 5.74) is 0.470. The normalized spacial score (nSPS) is 27.6. The Morgan fingerprint density at radius 3 is 3.00 bits per heavy atom. The van der Waals surface area contributed by atoms with Crippen LogP contribution in [0.4, 0.5) is 5.82 Å². The molecule has 0 bridgehead atoms. The molecule has 1 aliphatic heterocycles. The number of hydrogen-bond acceptors (Lipinski definition) is 3. The highest BCUT2D eigenvalue weighted by Crippen LogP contribution is 2.39. The summed E-state index contributed by atoms with van der Waals surface area (Å²) in [7, 11) is 0. The van der Waals surface area contributed by atoms with Crippen LogP contribution in [0.1, 0.15) is 64.1 Å². The Morgan fingerprint density at radius 2 is 2.26 bits per heavy atom. The van der Waals surface area contributed by atoms with Gasteiger partial charge in [-0.25, -0.2) is 9.97 Å². The molecular weight excluding hydrogens is 234 g/mol. The minimum absolute atomic E-state index is 0.470. The first-order valence-electron chi connectivity index (χ1n) is 7.78. The Hall–Kier alpha value is -1.12. The van der Waals surface area contributed by atoms with E-state index in [0.717, 1.165) is 24.7 Å². The minimum atomic E-state index is 0.470. The number of rotatable bonds is 4. The molecule has 3 rings (SSSR count). The third kappa shape index (κ3) is 2.90. The van der Waals surface area contributed by atoms with Crippen molar-refractivity contribution in [2.24, 2.45) is 5.41 Å². The van der Waals surface area contributed by atoms with Crippen molar-refractivity contribution in [2.45, 2.75) is 58.3 Å². The average Bonchev–Trinajstić information content (AvgIpc) is 3.23. The smallest absolute Gasteiger partial charge is 0.133 e. The van der Waals surface area contributed by atoms with E-state index >= 15 is 0 Å². The first kappa shape index (κ1) is 12.9. The molecule has 1 unspecified atom stereocenters. The van der Waals surface area contributed by atoms with Gasteiger partial charge in [-0.3, -0.25) is 0 Å². The van der Waals surface area contributed by atoms with Crippen LogP contribution in [-0.4, -0.2) is 23.1 Å². The Bertz CT molecular complexity index is 437. The third-order valence-electron chi connectivity index (χ3n) is 4.56. The molecule has 0 spiro atoms. The molecule has 1 aromatic rings. The molecule has 1 aromatic heterocycles. The summed E-state index contributed by atoms with van der Waals surface area (Å²) < 4.78 is 0. The maximum Gasteiger partial charge on any atom is 0.133 e. The molecule has 0 radical (unpaired) electrons. The van der Waals surface area contributed by atoms with E-state index in [2.05, 4.69) is 29.8 Å². The van der Waals surface area contributed by atoms with Crippen LogP contribution in [0, 0.1) is 5.41 Å². The molecule has 3 nitrogen and oxygen atoms in total. The fourth-order valence-corrected chi connectivity index (χ4v) is 3.40. The molecule has 1 atom stereocenters. The van der Waals surface area contributed by atoms with Gasteiger partial charge in [-0.15, -0.1) is 0 Å². The van der Waals surface area contributed by atoms with Crippen LogP contribution in [-0.2, 0) is 0 Å². The average molecular weight is 259 g/mol. The number of piperidine rings is 1. The van der Waals surface area contributed by atoms with Crippen LogP contribution < -0.4 is 4.90 Å². The summed E-state index contributed by atoms with van der Waals surface area (Å²) in [4.78, 5) is 11.7. The van der Waals surface area contributed by atoms with Crippen LogP contribution in [0.25, 0.3) is 0 Å². The molecule has 1 saturated heterocycles. The summed E-state index contributed by atoms with van der Waals surface area (Å²) in [6.07, 6.45) is 9.75. The number of nitrogens with zero attached hydrogens (tertiary/aromatic N) is 3. The molecule has 0 aromatic carbocycles. The Labute approximate surface area is 116 Å². The van der Waals surface area contributed by atoms with Gasteiger partial charge < -0.3 is 4.90 Å². The predicted molar refractivity (Wildman–Crippen MR) is 78.5 cm³/mol. The van der Waals surface area contributed by atoms with Crippen LogP contribution in [0.3, 0.4) is 0 Å². The zero-order chi connectivity index (χ0) is 13.3. The maximum atomic E-state index is 4.80. The Balaban J connectivity index is 1.75. The van der Waals surface area contributed by atoms with Gasteiger partial charge in [0.2, 0.25) is 0 Å². The van der Waals surface area contributed by atoms with Crippen LogP contribution >= 0.6 is 0 Å². The van der Waals surface area contributed by atoms with Crippen molar-refractivity contribution in [1.29, 1.82) is 0 Å². The number of hydrogen-bond donors (Lipinski definition) is 0. The molecule has 2 heterocycles. The van der Waals surface area contributed by atoms with Crippen molar-refractivity contribution in [1.82, 2.24) is 9.97 Å². The highest BCUT2D eigenvalue weighted by Gasteiger charge is 2.32. The van der Waals surface area contributed by atoms with E-state index in [0.29, 0.717) is 11.3 Å². The van der Waals surface area contributed by atoms with Gasteiger partial charge in [0.1, 0.15) is 11.6 Å². The van der Waals surface area contributed by atoms with Gasteiger partial charge in [0.15, 0.2) is 0 Å². The molecule has 1 aliphatic carbocycles. The van der Waals surface area contributed by atoms with Gasteiger partial charge in [0, 0.05) is 25.2 Å². The minimum Gasteiger partial charge on any atom is -0.356 e. The van der Waals surface area contributed by atoms with Gasteiger partial charge in [0.05, 0.1) is 0 Å². The van der Waals surface area contributed by atoms with Crippen molar-refractivity contribution in [3.05, 3.63) is 18.1 Å². The first-order chi connectivity index (χ1) is 9.20. The van der Waals surface area contributed by atoms with Crippen LogP contribution in [0.5, 0.6) is 0 Å². The highest BCUT2D eigenvalue weighted by molar-refractivity contribution is 5.39. The highest BCUT2D eigenvalue weighted by atomic mass is 15.2. The lowest BCUT2D eigenvalue weighted by atomic mass is 9.78. The second-order valence-corrected chi connectivity index (χ2v) is 6.63. The zero-order valence-electron chi connectivity index (χ0n) is 12.2. The van der Waals surface area contributed by atoms with E-state index in [1.54, 1.807) is 0 Å². The fraction of sp³-hybridized carbons (Fsp3) is 0.750. The van der Waals surface area contributed by atoms with Gasteiger partial charge in [-0.05, 0) is 43.6 Å². The van der Waals surface area contributed by atoms with Gasteiger partial charge in [0.25, 0.3) is 0 Å². The Kier molecular flexibility index (Phi) is 3.46. The molecule has 3 heteroatoms. The van der Waals surface area contributed by atoms with Gasteiger partial charge >= 0.3 is 0 Å². The Morgan fingerprint density at radius 1 is 1.42 bits per heavy atom. The van der Waals surface area contributed by atoms with E-state index in [9.17, 15) is 0 Å². The molecule has 0 amide bonds. The standard InChI is InChI=1S/C16H25N3/c1-3-8-16(2)9-4-11-19(12-16)14-7-10-17-15(18-14)13-5-6-13/h7,10,13H,3-6,8-9,11-12H2,1-2H3. The van der Waals surface area contributed by atoms with Crippen molar-refractivity contribution in [3.63, 3.8) is 0 Å². The van der Waals surface area contributed by atoms with Crippen molar-refractivity contribution < 1.29 is 0 Å². The van der Waals surface area contributed by atoms with Crippen molar-refractivity contribution in [2.75, 3.05) is 18.0 Å². The van der Waals surface area contributed by atoms with Crippen molar-refractivity contribution in [3.8, 4) is 0 Å². The summed E-state index contributed by atoms with van der Waals surface area (Å²) >= 11 is 0. The molecule has 2 aliphatic rings. The monoisotopic (exact) mass is 259 g/mol. The molecule has 19 heavy (non-hydrogen) atoms. The van der Waals surface area contributed by atoms with Gasteiger partial charge in [-0.1, -0.05) is 20.3 Å². The van der Waals surface area contributed by atoms with Crippen LogP contribution in [0.2, 0.25) is 0 Å². The van der Waals surface area contributed by atoms with Crippen molar-refractivity contribution >= 4 is 5.82 Å². The third-order valence-corrected chi connectivity index (χ3v) is 4.56. The van der Waals surface area contributed by atoms with E-state index < -0.39 is 0 Å². The molecular formula is C16H25N3. The molecule has 0 N–H and O–H groups in total. The molecule has 2 fully saturated rings. The summed E-state index contributed by atoms with van der Waals surface area (Å²) in [5.74, 6) is 2.87. The van der Waals surface area contributed by atoms with Crippen LogP contribution in [0.15, 0.2) is 12.3 Å². The second kappa shape index (κ2) is 5.10. The molecule has 1 saturated carbocycles. The first-order valence-corrected chi connectivity index (χ1v) is 7.78. The fourth-order valence-electron chi connectivity index (χ4n) is 3.40. The number of aromatic nitrogens is 2. The lowest BCUT2D eigenvalue weighted by Gasteiger charge is -2.41. The lowest BCUT2D eigenvalue weighted by Crippen LogP contribution is -2.42. The topological polar surface area (TPSA) is 29.0 Å². The van der Waals surface area contributed by atoms with E-state index in [4.69, 9.17) is 4.98 Å². The SMILES string of the molecule is CCCC1(C)CCCN(c2ccnc(C3CC3)n2)C1. The van der Waals surface area contributed by atoms with E-state index in [1.807, 2.05) is 6.20 Å². The molecule has 104 valence electrons. The summed E-state index contributed by atoms with van der Waals surface area (Å²) in [6.45, 7) is 7.04. The maximum absolute atomic E-state index is 4.80. The second-order valence-electron chi connectivity index (χ2n) is 6.63. The quantitative estimate of drug-likeness (QED) is 0.824.